The maximum Gasteiger partial charge on any atom is 0.0186 e. The molecule has 238 valence electrons. The Bertz CT molecular complexity index is 754. The molecule has 0 atom stereocenters. The van der Waals surface area contributed by atoms with E-state index >= 15 is 0 Å². The fraction of sp³-hybridized carbons (Fsp3) is 0.700. The lowest BCUT2D eigenvalue weighted by Gasteiger charge is -2.06. The van der Waals surface area contributed by atoms with Gasteiger partial charge in [0.25, 0.3) is 0 Å². The quantitative estimate of drug-likeness (QED) is 0.0664. The Hall–Kier alpha value is -0.860. The molecule has 2 rings (SSSR count). The molecule has 42 heavy (non-hydrogen) atoms. The molecule has 0 spiro atoms. The lowest BCUT2D eigenvalue weighted by atomic mass is 10.0. The Morgan fingerprint density at radius 2 is 0.548 bits per heavy atom. The normalized spacial score (nSPS) is 11.4. The first kappa shape index (κ1) is 37.3. The summed E-state index contributed by atoms with van der Waals surface area (Å²) in [5, 5.41) is 0. The average molecular weight is 611 g/mol. The zero-order chi connectivity index (χ0) is 29.8. The second kappa shape index (κ2) is 27.7. The van der Waals surface area contributed by atoms with Crippen molar-refractivity contribution in [3.8, 4) is 0 Å². The Kier molecular flexibility index (Phi) is 24.6. The third-order valence-corrected chi connectivity index (χ3v) is 11.1. The molecule has 0 saturated carbocycles. The molecule has 0 aliphatic heterocycles. The molecule has 2 heteroatoms. The van der Waals surface area contributed by atoms with Crippen LogP contribution in [0.2, 0.25) is 0 Å². The summed E-state index contributed by atoms with van der Waals surface area (Å²) >= 11 is 0. The van der Waals surface area contributed by atoms with Crippen LogP contribution in [0.4, 0.5) is 0 Å². The second-order valence-corrected chi connectivity index (χ2v) is 15.0. The van der Waals surface area contributed by atoms with Crippen molar-refractivity contribution < 1.29 is 0 Å². The smallest absolute Gasteiger partial charge is 0.0186 e. The van der Waals surface area contributed by atoms with E-state index in [1.54, 1.807) is 0 Å². The van der Waals surface area contributed by atoms with Crippen molar-refractivity contribution >= 4 is 21.6 Å². The molecule has 0 N–H and O–H groups in total. The molecule has 0 unspecified atom stereocenters. The van der Waals surface area contributed by atoms with Gasteiger partial charge in [0, 0.05) is 9.79 Å². The number of unbranched alkanes of at least 4 members (excludes halogenated alkanes) is 22. The highest BCUT2D eigenvalue weighted by Crippen LogP contribution is 2.37. The van der Waals surface area contributed by atoms with Gasteiger partial charge >= 0.3 is 0 Å². The van der Waals surface area contributed by atoms with Crippen LogP contribution in [0.5, 0.6) is 0 Å². The van der Waals surface area contributed by atoms with Gasteiger partial charge in [0.15, 0.2) is 0 Å². The fourth-order valence-electron chi connectivity index (χ4n) is 5.86. The first-order chi connectivity index (χ1) is 20.8. The van der Waals surface area contributed by atoms with E-state index in [-0.39, 0.29) is 0 Å². The summed E-state index contributed by atoms with van der Waals surface area (Å²) in [4.78, 5) is 2.72. The first-order valence-electron chi connectivity index (χ1n) is 18.3. The topological polar surface area (TPSA) is 0 Å². The van der Waals surface area contributed by atoms with E-state index in [0.717, 1.165) is 0 Å². The van der Waals surface area contributed by atoms with Crippen LogP contribution in [0.25, 0.3) is 0 Å². The molecule has 0 saturated heterocycles. The number of rotatable bonds is 29. The van der Waals surface area contributed by atoms with Gasteiger partial charge in [-0.1, -0.05) is 201 Å². The Balaban J connectivity index is 1.44. The minimum absolute atomic E-state index is 1.23. The maximum atomic E-state index is 2.35. The van der Waals surface area contributed by atoms with Crippen LogP contribution in [0.15, 0.2) is 58.3 Å². The summed E-state index contributed by atoms with van der Waals surface area (Å²) in [6, 6.07) is 18.6. The van der Waals surface area contributed by atoms with Gasteiger partial charge in [-0.05, 0) is 61.1 Å². The van der Waals surface area contributed by atoms with Crippen molar-refractivity contribution in [2.75, 3.05) is 0 Å². The Morgan fingerprint density at radius 3 is 0.810 bits per heavy atom. The van der Waals surface area contributed by atoms with Gasteiger partial charge in [-0.2, -0.15) is 0 Å². The first-order valence-corrected chi connectivity index (χ1v) is 20.5. The van der Waals surface area contributed by atoms with Crippen LogP contribution >= 0.6 is 21.6 Å². The van der Waals surface area contributed by atoms with Gasteiger partial charge in [0.2, 0.25) is 0 Å². The maximum absolute atomic E-state index is 2.35. The van der Waals surface area contributed by atoms with Crippen LogP contribution in [0.1, 0.15) is 179 Å². The number of hydrogen-bond acceptors (Lipinski definition) is 2. The molecular weight excluding hydrogens is 545 g/mol. The van der Waals surface area contributed by atoms with Gasteiger partial charge in [0.1, 0.15) is 0 Å². The largest absolute Gasteiger partial charge is 0.0654 e. The summed E-state index contributed by atoms with van der Waals surface area (Å²) in [5.41, 5.74) is 3.00. The van der Waals surface area contributed by atoms with Crippen molar-refractivity contribution in [1.82, 2.24) is 0 Å². The highest BCUT2D eigenvalue weighted by Gasteiger charge is 2.01. The molecule has 0 aliphatic rings. The van der Waals surface area contributed by atoms with Crippen LogP contribution in [0, 0.1) is 0 Å². The summed E-state index contributed by atoms with van der Waals surface area (Å²) in [7, 11) is 3.78. The van der Waals surface area contributed by atoms with E-state index in [4.69, 9.17) is 0 Å². The van der Waals surface area contributed by atoms with Crippen LogP contribution < -0.4 is 0 Å². The number of aryl methyl sites for hydroxylation is 2. The molecule has 0 aliphatic carbocycles. The minimum atomic E-state index is 1.23. The van der Waals surface area contributed by atoms with Gasteiger partial charge < -0.3 is 0 Å². The lowest BCUT2D eigenvalue weighted by molar-refractivity contribution is 0.544. The fourth-order valence-corrected chi connectivity index (χ4v) is 7.79. The summed E-state index contributed by atoms with van der Waals surface area (Å²) < 4.78 is 0. The van der Waals surface area contributed by atoms with Crippen molar-refractivity contribution in [3.05, 3.63) is 59.7 Å². The van der Waals surface area contributed by atoms with Gasteiger partial charge in [-0.3, -0.25) is 0 Å². The van der Waals surface area contributed by atoms with E-state index in [0.29, 0.717) is 0 Å². The van der Waals surface area contributed by atoms with Crippen LogP contribution in [-0.2, 0) is 12.8 Å². The molecule has 0 fully saturated rings. The number of hydrogen-bond donors (Lipinski definition) is 0. The molecule has 2 aromatic carbocycles. The van der Waals surface area contributed by atoms with Crippen molar-refractivity contribution in [3.63, 3.8) is 0 Å². The van der Waals surface area contributed by atoms with Crippen LogP contribution in [-0.4, -0.2) is 0 Å². The summed E-state index contributed by atoms with van der Waals surface area (Å²) in [6.07, 6.45) is 36.6. The van der Waals surface area contributed by atoms with Crippen molar-refractivity contribution in [2.45, 2.75) is 191 Å². The molecular formula is C40H66S2. The monoisotopic (exact) mass is 610 g/mol. The predicted molar refractivity (Wildman–Crippen MR) is 194 cm³/mol. The van der Waals surface area contributed by atoms with E-state index in [9.17, 15) is 0 Å². The average Bonchev–Trinajstić information content (AvgIpc) is 3.02. The molecule has 0 amide bonds. The molecule has 0 aromatic heterocycles. The van der Waals surface area contributed by atoms with Crippen molar-refractivity contribution in [2.24, 2.45) is 0 Å². The third kappa shape index (κ3) is 20.9. The zero-order valence-electron chi connectivity index (χ0n) is 27.8. The summed E-state index contributed by atoms with van der Waals surface area (Å²) in [6.45, 7) is 4.60. The van der Waals surface area contributed by atoms with Gasteiger partial charge in [-0.15, -0.1) is 0 Å². The second-order valence-electron chi connectivity index (χ2n) is 12.7. The van der Waals surface area contributed by atoms with E-state index in [1.807, 2.05) is 21.6 Å². The van der Waals surface area contributed by atoms with E-state index in [2.05, 4.69) is 62.4 Å². The lowest BCUT2D eigenvalue weighted by Crippen LogP contribution is -1.87. The Morgan fingerprint density at radius 1 is 0.310 bits per heavy atom. The molecule has 0 nitrogen and oxygen atoms in total. The van der Waals surface area contributed by atoms with Gasteiger partial charge in [-0.25, -0.2) is 0 Å². The predicted octanol–water partition coefficient (Wildman–Crippen LogP) is 15.0. The minimum Gasteiger partial charge on any atom is -0.0654 e. The summed E-state index contributed by atoms with van der Waals surface area (Å²) in [5.74, 6) is 0. The highest BCUT2D eigenvalue weighted by molar-refractivity contribution is 8.76. The third-order valence-electron chi connectivity index (χ3n) is 8.72. The standard InChI is InChI=1S/C40H66S2/c1-3-5-7-9-11-13-15-17-19-21-23-25-27-37-29-33-39(34-30-37)41-42-40-35-31-38(32-36-40)28-26-24-22-20-18-16-14-12-10-8-6-4-2/h29-36H,3-28H2,1-2H3. The highest BCUT2D eigenvalue weighted by atomic mass is 33.1. The molecule has 2 aromatic rings. The van der Waals surface area contributed by atoms with Crippen LogP contribution in [0.3, 0.4) is 0 Å². The zero-order valence-corrected chi connectivity index (χ0v) is 29.5. The SMILES string of the molecule is CCCCCCCCCCCCCCc1ccc(SSc2ccc(CCCCCCCCCCCCCC)cc2)cc1. The van der Waals surface area contributed by atoms with E-state index < -0.39 is 0 Å². The Labute approximate surface area is 270 Å². The molecule has 0 radical (unpaired) electrons. The van der Waals surface area contributed by atoms with E-state index in [1.165, 1.54) is 188 Å². The molecule has 0 bridgehead atoms. The molecule has 0 heterocycles. The number of benzene rings is 2. The van der Waals surface area contributed by atoms with Gasteiger partial charge in [0.05, 0.1) is 0 Å². The van der Waals surface area contributed by atoms with Crippen molar-refractivity contribution in [1.29, 1.82) is 0 Å².